The molecule has 3 N–H and O–H groups in total. The molecule has 0 aliphatic heterocycles. The van der Waals surface area contributed by atoms with Gasteiger partial charge in [-0.2, -0.15) is 0 Å². The highest BCUT2D eigenvalue weighted by atomic mass is 31.2. The molecule has 0 saturated heterocycles. The Morgan fingerprint density at radius 1 is 0.644 bits per heavy atom. The van der Waals surface area contributed by atoms with Gasteiger partial charge >= 0.3 is 19.8 Å². The number of esters is 2. The van der Waals surface area contributed by atoms with E-state index in [0.717, 1.165) is 44.9 Å². The molecule has 0 heterocycles. The van der Waals surface area contributed by atoms with Crippen LogP contribution in [0.5, 0.6) is 0 Å². The molecular formula is C35H68NO8P. The van der Waals surface area contributed by atoms with E-state index in [0.29, 0.717) is 6.42 Å². The lowest BCUT2D eigenvalue weighted by molar-refractivity contribution is -0.161. The van der Waals surface area contributed by atoms with Crippen molar-refractivity contribution in [2.75, 3.05) is 26.4 Å². The molecule has 0 radical (unpaired) electrons. The number of carbonyl (C=O) groups excluding carboxylic acids is 2. The average molecular weight is 662 g/mol. The van der Waals surface area contributed by atoms with Gasteiger partial charge in [-0.05, 0) is 38.5 Å². The standard InChI is InChI=1S/C35H68NO8P/c1-3-5-7-9-11-13-14-15-16-17-18-20-22-24-26-28-35(38)44-33(32-43-45(39,40)42-30-29-36)31-41-34(37)27-25-23-21-19-12-10-8-6-4-2/h13-14,33H,3-12,15-32,36H2,1-2H3,(H,39,40)/b14-13+/t33-/m1/s1. The van der Waals surface area contributed by atoms with Gasteiger partial charge in [-0.3, -0.25) is 18.6 Å². The van der Waals surface area contributed by atoms with Gasteiger partial charge < -0.3 is 20.1 Å². The van der Waals surface area contributed by atoms with Gasteiger partial charge in [-0.25, -0.2) is 4.57 Å². The Balaban J connectivity index is 4.22. The molecule has 0 amide bonds. The van der Waals surface area contributed by atoms with Crippen LogP contribution in [0.2, 0.25) is 0 Å². The first-order chi connectivity index (χ1) is 21.8. The van der Waals surface area contributed by atoms with Crippen LogP contribution in [0.4, 0.5) is 0 Å². The first kappa shape index (κ1) is 43.8. The third-order valence-electron chi connectivity index (χ3n) is 7.65. The van der Waals surface area contributed by atoms with E-state index in [1.54, 1.807) is 0 Å². The monoisotopic (exact) mass is 661 g/mol. The zero-order valence-electron chi connectivity index (χ0n) is 28.9. The topological polar surface area (TPSA) is 134 Å². The highest BCUT2D eigenvalue weighted by Gasteiger charge is 2.25. The number of ether oxygens (including phenoxy) is 2. The quantitative estimate of drug-likeness (QED) is 0.0299. The molecule has 9 nitrogen and oxygen atoms in total. The number of unbranched alkanes of at least 4 members (excludes halogenated alkanes) is 19. The Bertz CT molecular complexity index is 764. The van der Waals surface area contributed by atoms with Crippen LogP contribution in [0.15, 0.2) is 12.2 Å². The summed E-state index contributed by atoms with van der Waals surface area (Å²) in [7, 11) is -4.36. The zero-order valence-corrected chi connectivity index (χ0v) is 29.8. The Morgan fingerprint density at radius 3 is 1.60 bits per heavy atom. The van der Waals surface area contributed by atoms with Crippen molar-refractivity contribution in [3.8, 4) is 0 Å². The van der Waals surface area contributed by atoms with Gasteiger partial charge in [0.15, 0.2) is 6.10 Å². The number of allylic oxidation sites excluding steroid dienone is 2. The molecule has 0 fully saturated rings. The van der Waals surface area contributed by atoms with E-state index in [9.17, 15) is 19.0 Å². The predicted molar refractivity (Wildman–Crippen MR) is 183 cm³/mol. The van der Waals surface area contributed by atoms with Gasteiger partial charge in [0.25, 0.3) is 0 Å². The minimum Gasteiger partial charge on any atom is -0.462 e. The Labute approximate surface area is 275 Å². The minimum atomic E-state index is -4.36. The van der Waals surface area contributed by atoms with Crippen molar-refractivity contribution in [3.63, 3.8) is 0 Å². The third-order valence-corrected chi connectivity index (χ3v) is 8.64. The minimum absolute atomic E-state index is 0.0550. The van der Waals surface area contributed by atoms with Gasteiger partial charge in [-0.1, -0.05) is 129 Å². The summed E-state index contributed by atoms with van der Waals surface area (Å²) in [6, 6.07) is 0. The van der Waals surface area contributed by atoms with Gasteiger partial charge in [0.05, 0.1) is 13.2 Å². The van der Waals surface area contributed by atoms with Crippen molar-refractivity contribution in [1.29, 1.82) is 0 Å². The molecular weight excluding hydrogens is 593 g/mol. The van der Waals surface area contributed by atoms with Crippen molar-refractivity contribution in [2.24, 2.45) is 5.73 Å². The number of carbonyl (C=O) groups is 2. The van der Waals surface area contributed by atoms with E-state index in [1.165, 1.54) is 89.9 Å². The zero-order chi connectivity index (χ0) is 33.3. The fraction of sp³-hybridized carbons (Fsp3) is 0.886. The van der Waals surface area contributed by atoms with E-state index in [-0.39, 0.29) is 38.6 Å². The molecule has 0 rings (SSSR count). The summed E-state index contributed by atoms with van der Waals surface area (Å²) in [5.41, 5.74) is 5.32. The van der Waals surface area contributed by atoms with Gasteiger partial charge in [-0.15, -0.1) is 0 Å². The lowest BCUT2D eigenvalue weighted by atomic mass is 10.1. The van der Waals surface area contributed by atoms with Crippen molar-refractivity contribution in [1.82, 2.24) is 0 Å². The maximum atomic E-state index is 12.5. The summed E-state index contributed by atoms with van der Waals surface area (Å²) in [5, 5.41) is 0. The van der Waals surface area contributed by atoms with Crippen molar-refractivity contribution < 1.29 is 37.6 Å². The number of nitrogens with two attached hydrogens (primary N) is 1. The number of rotatable bonds is 34. The van der Waals surface area contributed by atoms with E-state index in [2.05, 4.69) is 26.0 Å². The summed E-state index contributed by atoms with van der Waals surface area (Å²) in [6.45, 7) is 3.68. The Hall–Kier alpha value is -1.25. The summed E-state index contributed by atoms with van der Waals surface area (Å²) >= 11 is 0. The Morgan fingerprint density at radius 2 is 1.09 bits per heavy atom. The highest BCUT2D eigenvalue weighted by molar-refractivity contribution is 7.47. The molecule has 0 aliphatic carbocycles. The van der Waals surface area contributed by atoms with Gasteiger partial charge in [0.2, 0.25) is 0 Å². The lowest BCUT2D eigenvalue weighted by Crippen LogP contribution is -2.29. The van der Waals surface area contributed by atoms with E-state index >= 15 is 0 Å². The third kappa shape index (κ3) is 32.5. The maximum Gasteiger partial charge on any atom is 0.472 e. The van der Waals surface area contributed by atoms with E-state index in [1.807, 2.05) is 0 Å². The Kier molecular flexibility index (Phi) is 31.8. The number of phosphoric ester groups is 1. The van der Waals surface area contributed by atoms with Crippen LogP contribution in [0.3, 0.4) is 0 Å². The lowest BCUT2D eigenvalue weighted by Gasteiger charge is -2.19. The molecule has 45 heavy (non-hydrogen) atoms. The summed E-state index contributed by atoms with van der Waals surface area (Å²) < 4.78 is 32.5. The first-order valence-corrected chi connectivity index (χ1v) is 19.7. The predicted octanol–water partition coefficient (Wildman–Crippen LogP) is 9.49. The SMILES string of the molecule is CCCCCC/C=C/CCCCCCCCCC(=O)O[C@H](COC(=O)CCCCCCCCCCC)COP(=O)(O)OCCN. The second-order valence-corrected chi connectivity index (χ2v) is 13.5. The molecule has 0 aliphatic rings. The summed E-state index contributed by atoms with van der Waals surface area (Å²) in [4.78, 5) is 34.6. The van der Waals surface area contributed by atoms with Crippen LogP contribution < -0.4 is 5.73 Å². The molecule has 0 aromatic heterocycles. The highest BCUT2D eigenvalue weighted by Crippen LogP contribution is 2.43. The number of hydrogen-bond donors (Lipinski definition) is 2. The molecule has 0 spiro atoms. The molecule has 0 bridgehead atoms. The van der Waals surface area contributed by atoms with Crippen LogP contribution >= 0.6 is 7.82 Å². The number of hydrogen-bond acceptors (Lipinski definition) is 8. The molecule has 0 saturated carbocycles. The summed E-state index contributed by atoms with van der Waals surface area (Å²) in [5.74, 6) is -0.834. The van der Waals surface area contributed by atoms with Crippen LogP contribution in [0.1, 0.15) is 168 Å². The molecule has 266 valence electrons. The number of phosphoric acid groups is 1. The molecule has 10 heteroatoms. The fourth-order valence-corrected chi connectivity index (χ4v) is 5.69. The van der Waals surface area contributed by atoms with E-state index < -0.39 is 26.5 Å². The average Bonchev–Trinajstić information content (AvgIpc) is 3.02. The van der Waals surface area contributed by atoms with Crippen LogP contribution in [-0.4, -0.2) is 49.3 Å². The second-order valence-electron chi connectivity index (χ2n) is 12.1. The molecule has 1 unspecified atom stereocenters. The van der Waals surface area contributed by atoms with Crippen LogP contribution in [0.25, 0.3) is 0 Å². The van der Waals surface area contributed by atoms with Crippen LogP contribution in [0, 0.1) is 0 Å². The molecule has 2 atom stereocenters. The largest absolute Gasteiger partial charge is 0.472 e. The summed E-state index contributed by atoms with van der Waals surface area (Å²) in [6.07, 6.45) is 29.6. The van der Waals surface area contributed by atoms with E-state index in [4.69, 9.17) is 24.3 Å². The maximum absolute atomic E-state index is 12.5. The van der Waals surface area contributed by atoms with Crippen molar-refractivity contribution >= 4 is 19.8 Å². The van der Waals surface area contributed by atoms with Crippen molar-refractivity contribution in [3.05, 3.63) is 12.2 Å². The first-order valence-electron chi connectivity index (χ1n) is 18.2. The normalized spacial score (nSPS) is 13.6. The van der Waals surface area contributed by atoms with Gasteiger partial charge in [0.1, 0.15) is 6.61 Å². The van der Waals surface area contributed by atoms with Crippen molar-refractivity contribution in [2.45, 2.75) is 174 Å². The van der Waals surface area contributed by atoms with Gasteiger partial charge in [0, 0.05) is 19.4 Å². The fourth-order valence-electron chi connectivity index (χ4n) is 4.92. The molecule has 0 aromatic carbocycles. The molecule has 0 aromatic rings. The smallest absolute Gasteiger partial charge is 0.462 e. The van der Waals surface area contributed by atoms with Crippen LogP contribution in [-0.2, 0) is 32.7 Å². The second kappa shape index (κ2) is 32.7.